The van der Waals surface area contributed by atoms with Gasteiger partial charge in [-0.15, -0.1) is 24.0 Å². The first-order chi connectivity index (χ1) is 13.3. The fraction of sp³-hybridized carbons (Fsp3) is 0.381. The van der Waals surface area contributed by atoms with E-state index >= 15 is 0 Å². The summed E-state index contributed by atoms with van der Waals surface area (Å²) in [4.78, 5) is 4.30. The number of guanidine groups is 1. The third kappa shape index (κ3) is 7.15. The van der Waals surface area contributed by atoms with E-state index in [0.717, 1.165) is 41.5 Å². The summed E-state index contributed by atoms with van der Waals surface area (Å²) < 4.78 is 22.7. The topological polar surface area (TPSA) is 70.6 Å². The maximum absolute atomic E-state index is 11.4. The minimum atomic E-state index is -3.01. The van der Waals surface area contributed by atoms with Crippen molar-refractivity contribution in [3.05, 3.63) is 70.2 Å². The molecule has 3 rings (SSSR count). The molecular formula is C21H27ClIN3O2S. The maximum Gasteiger partial charge on any atom is 0.191 e. The molecular weight excluding hydrogens is 521 g/mol. The van der Waals surface area contributed by atoms with E-state index < -0.39 is 9.84 Å². The summed E-state index contributed by atoms with van der Waals surface area (Å²) in [6, 6.07) is 15.7. The van der Waals surface area contributed by atoms with E-state index in [4.69, 9.17) is 11.6 Å². The van der Waals surface area contributed by atoms with Crippen molar-refractivity contribution in [3.8, 4) is 0 Å². The van der Waals surface area contributed by atoms with Crippen LogP contribution in [0, 0.1) is 0 Å². The molecule has 8 heteroatoms. The fourth-order valence-corrected chi connectivity index (χ4v) is 4.24. The average molecular weight is 548 g/mol. The monoisotopic (exact) mass is 547 g/mol. The molecule has 2 aromatic carbocycles. The fourth-order valence-electron chi connectivity index (χ4n) is 3.25. The first-order valence-corrected chi connectivity index (χ1v) is 11.7. The molecule has 1 fully saturated rings. The molecule has 0 bridgehead atoms. The predicted molar refractivity (Wildman–Crippen MR) is 131 cm³/mol. The number of aliphatic imine (C=N–C) groups is 1. The molecule has 0 saturated heterocycles. The molecule has 0 aromatic heterocycles. The van der Waals surface area contributed by atoms with Crippen LogP contribution in [0.5, 0.6) is 0 Å². The van der Waals surface area contributed by atoms with Crippen LogP contribution in [-0.4, -0.2) is 34.2 Å². The van der Waals surface area contributed by atoms with Gasteiger partial charge in [0.2, 0.25) is 0 Å². The van der Waals surface area contributed by atoms with Crippen LogP contribution < -0.4 is 10.6 Å². The Morgan fingerprint density at radius 3 is 2.31 bits per heavy atom. The maximum atomic E-state index is 11.4. The first kappa shape index (κ1) is 24.0. The lowest BCUT2D eigenvalue weighted by Gasteiger charge is -2.19. The van der Waals surface area contributed by atoms with Crippen LogP contribution in [0.25, 0.3) is 0 Å². The molecule has 29 heavy (non-hydrogen) atoms. The van der Waals surface area contributed by atoms with E-state index in [1.807, 2.05) is 42.5 Å². The van der Waals surface area contributed by atoms with Crippen molar-refractivity contribution in [2.24, 2.45) is 4.99 Å². The zero-order chi connectivity index (χ0) is 20.2. The van der Waals surface area contributed by atoms with Gasteiger partial charge in [0.05, 0.1) is 5.75 Å². The van der Waals surface area contributed by atoms with Crippen LogP contribution in [0.15, 0.2) is 53.5 Å². The second kappa shape index (κ2) is 10.1. The molecule has 0 heterocycles. The molecule has 2 aromatic rings. The summed E-state index contributed by atoms with van der Waals surface area (Å²) in [7, 11) is -1.26. The Kier molecular flexibility index (Phi) is 8.37. The standard InChI is InChI=1S/C21H26ClN3O2S.HI/c1-23-20(24-13-16-6-8-17(9-7-16)14-28(2,26)27)25-15-21(10-11-21)18-4-3-5-19(22)12-18;/h3-9,12H,10-11,13-15H2,1-2H3,(H2,23,24,25);1H. The summed E-state index contributed by atoms with van der Waals surface area (Å²) >= 11 is 6.14. The Morgan fingerprint density at radius 2 is 1.76 bits per heavy atom. The number of hydrogen-bond donors (Lipinski definition) is 2. The van der Waals surface area contributed by atoms with Crippen molar-refractivity contribution in [1.82, 2.24) is 10.6 Å². The normalized spacial score (nSPS) is 15.3. The van der Waals surface area contributed by atoms with E-state index in [-0.39, 0.29) is 35.1 Å². The van der Waals surface area contributed by atoms with E-state index in [2.05, 4.69) is 21.7 Å². The van der Waals surface area contributed by atoms with Crippen molar-refractivity contribution >= 4 is 51.4 Å². The van der Waals surface area contributed by atoms with Gasteiger partial charge >= 0.3 is 0 Å². The van der Waals surface area contributed by atoms with E-state index in [1.54, 1.807) is 7.05 Å². The van der Waals surface area contributed by atoms with E-state index in [9.17, 15) is 8.42 Å². The van der Waals surface area contributed by atoms with Crippen molar-refractivity contribution in [2.45, 2.75) is 30.6 Å². The van der Waals surface area contributed by atoms with Crippen LogP contribution in [0.4, 0.5) is 0 Å². The van der Waals surface area contributed by atoms with Crippen LogP contribution in [0.1, 0.15) is 29.5 Å². The first-order valence-electron chi connectivity index (χ1n) is 9.26. The van der Waals surface area contributed by atoms with Gasteiger partial charge in [0.15, 0.2) is 15.8 Å². The molecule has 0 radical (unpaired) electrons. The SMILES string of the molecule is CN=C(NCc1ccc(CS(C)(=O)=O)cc1)NCC1(c2cccc(Cl)c2)CC1.I. The summed E-state index contributed by atoms with van der Waals surface area (Å²) in [5, 5.41) is 7.50. The van der Waals surface area contributed by atoms with Gasteiger partial charge in [-0.3, -0.25) is 4.99 Å². The smallest absolute Gasteiger partial charge is 0.191 e. The van der Waals surface area contributed by atoms with Gasteiger partial charge in [-0.05, 0) is 41.7 Å². The van der Waals surface area contributed by atoms with Crippen molar-refractivity contribution < 1.29 is 8.42 Å². The number of halogens is 2. The molecule has 1 saturated carbocycles. The van der Waals surface area contributed by atoms with Gasteiger partial charge in [0.25, 0.3) is 0 Å². The Balaban J connectivity index is 0.00000300. The minimum Gasteiger partial charge on any atom is -0.356 e. The van der Waals surface area contributed by atoms with Crippen LogP contribution in [-0.2, 0) is 27.5 Å². The van der Waals surface area contributed by atoms with Crippen molar-refractivity contribution in [1.29, 1.82) is 0 Å². The zero-order valence-electron chi connectivity index (χ0n) is 16.6. The van der Waals surface area contributed by atoms with Crippen LogP contribution in [0.3, 0.4) is 0 Å². The number of sulfone groups is 1. The van der Waals surface area contributed by atoms with Crippen LogP contribution in [0.2, 0.25) is 5.02 Å². The number of hydrogen-bond acceptors (Lipinski definition) is 3. The molecule has 1 aliphatic rings. The van der Waals surface area contributed by atoms with Gasteiger partial charge in [-0.2, -0.15) is 0 Å². The third-order valence-electron chi connectivity index (χ3n) is 5.02. The highest BCUT2D eigenvalue weighted by Crippen LogP contribution is 2.48. The molecule has 0 unspecified atom stereocenters. The predicted octanol–water partition coefficient (Wildman–Crippen LogP) is 3.90. The Bertz CT molecular complexity index is 958. The van der Waals surface area contributed by atoms with Crippen molar-refractivity contribution in [2.75, 3.05) is 19.8 Å². The Labute approximate surface area is 195 Å². The molecule has 158 valence electrons. The lowest BCUT2D eigenvalue weighted by Crippen LogP contribution is -2.40. The second-order valence-corrected chi connectivity index (χ2v) is 10.0. The molecule has 5 nitrogen and oxygen atoms in total. The van der Waals surface area contributed by atoms with Gasteiger partial charge in [0, 0.05) is 36.8 Å². The zero-order valence-corrected chi connectivity index (χ0v) is 20.5. The second-order valence-electron chi connectivity index (χ2n) is 7.46. The molecule has 0 atom stereocenters. The molecule has 0 spiro atoms. The summed E-state index contributed by atoms with van der Waals surface area (Å²) in [5.41, 5.74) is 3.27. The van der Waals surface area contributed by atoms with Crippen molar-refractivity contribution in [3.63, 3.8) is 0 Å². The lowest BCUT2D eigenvalue weighted by molar-refractivity contribution is 0.601. The minimum absolute atomic E-state index is 0. The molecule has 1 aliphatic carbocycles. The molecule has 0 amide bonds. The highest BCUT2D eigenvalue weighted by Gasteiger charge is 2.44. The van der Waals surface area contributed by atoms with Crippen LogP contribution >= 0.6 is 35.6 Å². The Hall–Kier alpha value is -1.32. The highest BCUT2D eigenvalue weighted by molar-refractivity contribution is 14.0. The number of nitrogens with zero attached hydrogens (tertiary/aromatic N) is 1. The number of benzene rings is 2. The Morgan fingerprint density at radius 1 is 1.10 bits per heavy atom. The molecule has 0 aliphatic heterocycles. The van der Waals surface area contributed by atoms with E-state index in [1.165, 1.54) is 11.8 Å². The lowest BCUT2D eigenvalue weighted by atomic mass is 9.96. The largest absolute Gasteiger partial charge is 0.356 e. The average Bonchev–Trinajstić information content (AvgIpc) is 3.43. The summed E-state index contributed by atoms with van der Waals surface area (Å²) in [5.74, 6) is 0.809. The van der Waals surface area contributed by atoms with Gasteiger partial charge < -0.3 is 10.6 Å². The van der Waals surface area contributed by atoms with Gasteiger partial charge in [0.1, 0.15) is 0 Å². The summed E-state index contributed by atoms with van der Waals surface area (Å²) in [6.07, 6.45) is 3.52. The van der Waals surface area contributed by atoms with Gasteiger partial charge in [-0.1, -0.05) is 48.0 Å². The summed E-state index contributed by atoms with van der Waals surface area (Å²) in [6.45, 7) is 1.42. The third-order valence-corrected chi connectivity index (χ3v) is 6.11. The van der Waals surface area contributed by atoms with Gasteiger partial charge in [-0.25, -0.2) is 8.42 Å². The quantitative estimate of drug-likeness (QED) is 0.313. The number of rotatable bonds is 7. The number of nitrogens with one attached hydrogen (secondary N) is 2. The molecule has 2 N–H and O–H groups in total. The highest BCUT2D eigenvalue weighted by atomic mass is 127. The van der Waals surface area contributed by atoms with E-state index in [0.29, 0.717) is 6.54 Å².